The standard InChI is InChI=1S/C19H16N4/c1-13(19-10-22-12-23-19)17-4-2-3-14-5-6-15(7-18(14)17)16-8-20-11-21-9-16/h2-9,11-12,19H,1,10H2,(H,22,23). The van der Waals surface area contributed by atoms with Crippen LogP contribution >= 0.6 is 0 Å². The lowest BCUT2D eigenvalue weighted by molar-refractivity contribution is 0.822. The third kappa shape index (κ3) is 2.48. The zero-order chi connectivity index (χ0) is 15.6. The molecule has 4 nitrogen and oxygen atoms in total. The highest BCUT2D eigenvalue weighted by molar-refractivity contribution is 5.97. The summed E-state index contributed by atoms with van der Waals surface area (Å²) >= 11 is 0. The second-order valence-corrected chi connectivity index (χ2v) is 5.61. The van der Waals surface area contributed by atoms with Crippen molar-refractivity contribution < 1.29 is 0 Å². The lowest BCUT2D eigenvalue weighted by Crippen LogP contribution is -2.25. The van der Waals surface area contributed by atoms with Crippen molar-refractivity contribution in [3.63, 3.8) is 0 Å². The van der Waals surface area contributed by atoms with Crippen LogP contribution in [0.1, 0.15) is 5.56 Å². The summed E-state index contributed by atoms with van der Waals surface area (Å²) in [6.07, 6.45) is 6.97. The van der Waals surface area contributed by atoms with Gasteiger partial charge in [-0.1, -0.05) is 36.9 Å². The van der Waals surface area contributed by atoms with E-state index in [0.29, 0.717) is 0 Å². The largest absolute Gasteiger partial charge is 0.368 e. The first kappa shape index (κ1) is 13.6. The summed E-state index contributed by atoms with van der Waals surface area (Å²) in [7, 11) is 0. The molecular weight excluding hydrogens is 284 g/mol. The van der Waals surface area contributed by atoms with Gasteiger partial charge in [-0.2, -0.15) is 0 Å². The first-order valence-electron chi connectivity index (χ1n) is 7.54. The van der Waals surface area contributed by atoms with Crippen LogP contribution in [-0.2, 0) is 0 Å². The SMILES string of the molecule is C=C(c1cccc2ccc(-c3cncnc3)cc12)C1CN=CN1. The number of benzene rings is 2. The topological polar surface area (TPSA) is 50.2 Å². The van der Waals surface area contributed by atoms with Crippen LogP contribution in [0.4, 0.5) is 0 Å². The van der Waals surface area contributed by atoms with Gasteiger partial charge in [-0.25, -0.2) is 9.97 Å². The molecule has 1 aliphatic rings. The minimum atomic E-state index is 0.171. The molecule has 0 spiro atoms. The van der Waals surface area contributed by atoms with Gasteiger partial charge in [0.15, 0.2) is 0 Å². The average Bonchev–Trinajstić information content (AvgIpc) is 3.15. The fourth-order valence-electron chi connectivity index (χ4n) is 2.93. The Morgan fingerprint density at radius 2 is 1.96 bits per heavy atom. The molecule has 1 N–H and O–H groups in total. The monoisotopic (exact) mass is 300 g/mol. The highest BCUT2D eigenvalue weighted by Crippen LogP contribution is 2.30. The minimum absolute atomic E-state index is 0.171. The van der Waals surface area contributed by atoms with Crippen LogP contribution in [0.25, 0.3) is 27.5 Å². The van der Waals surface area contributed by atoms with Gasteiger partial charge in [-0.3, -0.25) is 4.99 Å². The predicted molar refractivity (Wildman–Crippen MR) is 94.3 cm³/mol. The number of aromatic nitrogens is 2. The Balaban J connectivity index is 1.83. The number of nitrogens with zero attached hydrogens (tertiary/aromatic N) is 3. The van der Waals surface area contributed by atoms with E-state index in [1.165, 1.54) is 10.8 Å². The fraction of sp³-hybridized carbons (Fsp3) is 0.105. The molecule has 0 aliphatic carbocycles. The Bertz CT molecular complexity index is 892. The van der Waals surface area contributed by atoms with Crippen LogP contribution in [0.5, 0.6) is 0 Å². The molecule has 0 bridgehead atoms. The Hall–Kier alpha value is -3.01. The first-order chi connectivity index (χ1) is 11.3. The average molecular weight is 300 g/mol. The van der Waals surface area contributed by atoms with Gasteiger partial charge in [-0.15, -0.1) is 0 Å². The molecule has 4 heteroatoms. The van der Waals surface area contributed by atoms with Gasteiger partial charge in [0, 0.05) is 18.0 Å². The Morgan fingerprint density at radius 3 is 2.74 bits per heavy atom. The molecule has 3 aromatic rings. The molecule has 1 atom stereocenters. The van der Waals surface area contributed by atoms with E-state index in [-0.39, 0.29) is 6.04 Å². The Kier molecular flexibility index (Phi) is 3.35. The van der Waals surface area contributed by atoms with Crippen molar-refractivity contribution in [2.24, 2.45) is 4.99 Å². The normalized spacial score (nSPS) is 16.4. The Morgan fingerprint density at radius 1 is 1.09 bits per heavy atom. The maximum absolute atomic E-state index is 4.29. The molecular formula is C19H16N4. The van der Waals surface area contributed by atoms with Crippen LogP contribution in [0.15, 0.2) is 66.7 Å². The van der Waals surface area contributed by atoms with Crippen LogP contribution < -0.4 is 5.32 Å². The molecule has 0 fully saturated rings. The van der Waals surface area contributed by atoms with E-state index in [2.05, 4.69) is 63.3 Å². The predicted octanol–water partition coefficient (Wildman–Crippen LogP) is 3.31. The molecule has 112 valence electrons. The van der Waals surface area contributed by atoms with Gasteiger partial charge in [0.05, 0.1) is 18.9 Å². The second-order valence-electron chi connectivity index (χ2n) is 5.61. The van der Waals surface area contributed by atoms with Crippen molar-refractivity contribution in [1.29, 1.82) is 0 Å². The fourth-order valence-corrected chi connectivity index (χ4v) is 2.93. The molecule has 2 aromatic carbocycles. The lowest BCUT2D eigenvalue weighted by atomic mass is 9.93. The molecule has 1 unspecified atom stereocenters. The Labute approximate surface area is 134 Å². The smallest absolute Gasteiger partial charge is 0.115 e. The van der Waals surface area contributed by atoms with Crippen molar-refractivity contribution in [2.75, 3.05) is 6.54 Å². The molecule has 0 radical (unpaired) electrons. The highest BCUT2D eigenvalue weighted by Gasteiger charge is 2.17. The maximum Gasteiger partial charge on any atom is 0.115 e. The number of hydrogen-bond acceptors (Lipinski definition) is 4. The maximum atomic E-state index is 4.29. The van der Waals surface area contributed by atoms with Crippen molar-refractivity contribution in [1.82, 2.24) is 15.3 Å². The minimum Gasteiger partial charge on any atom is -0.368 e. The van der Waals surface area contributed by atoms with Gasteiger partial charge in [0.1, 0.15) is 6.33 Å². The van der Waals surface area contributed by atoms with E-state index >= 15 is 0 Å². The summed E-state index contributed by atoms with van der Waals surface area (Å²) in [6.45, 7) is 5.03. The van der Waals surface area contributed by atoms with Crippen molar-refractivity contribution >= 4 is 22.7 Å². The molecule has 0 amide bonds. The van der Waals surface area contributed by atoms with E-state index in [0.717, 1.165) is 28.8 Å². The molecule has 2 heterocycles. The molecule has 23 heavy (non-hydrogen) atoms. The van der Waals surface area contributed by atoms with Crippen molar-refractivity contribution in [3.8, 4) is 11.1 Å². The van der Waals surface area contributed by atoms with Crippen molar-refractivity contribution in [3.05, 3.63) is 67.3 Å². The van der Waals surface area contributed by atoms with Crippen LogP contribution in [0, 0.1) is 0 Å². The molecule has 0 saturated carbocycles. The van der Waals surface area contributed by atoms with Crippen molar-refractivity contribution in [2.45, 2.75) is 6.04 Å². The summed E-state index contributed by atoms with van der Waals surface area (Å²) < 4.78 is 0. The van der Waals surface area contributed by atoms with E-state index < -0.39 is 0 Å². The number of hydrogen-bond donors (Lipinski definition) is 1. The highest BCUT2D eigenvalue weighted by atomic mass is 15.1. The van der Waals surface area contributed by atoms with Crippen LogP contribution in [-0.4, -0.2) is 28.9 Å². The quantitative estimate of drug-likeness (QED) is 0.807. The summed E-state index contributed by atoms with van der Waals surface area (Å²) in [6, 6.07) is 12.9. The first-order valence-corrected chi connectivity index (χ1v) is 7.54. The zero-order valence-corrected chi connectivity index (χ0v) is 12.6. The molecule has 0 saturated heterocycles. The van der Waals surface area contributed by atoms with Gasteiger partial charge in [0.25, 0.3) is 0 Å². The molecule has 4 rings (SSSR count). The summed E-state index contributed by atoms with van der Waals surface area (Å²) in [4.78, 5) is 12.5. The van der Waals surface area contributed by atoms with E-state index in [9.17, 15) is 0 Å². The third-order valence-electron chi connectivity index (χ3n) is 4.20. The number of rotatable bonds is 3. The van der Waals surface area contributed by atoms with Crippen LogP contribution in [0.3, 0.4) is 0 Å². The van der Waals surface area contributed by atoms with E-state index in [4.69, 9.17) is 0 Å². The summed E-state index contributed by atoms with van der Waals surface area (Å²) in [5.74, 6) is 0. The van der Waals surface area contributed by atoms with Gasteiger partial charge in [0.2, 0.25) is 0 Å². The second kappa shape index (κ2) is 5.65. The van der Waals surface area contributed by atoms with Gasteiger partial charge < -0.3 is 5.32 Å². The lowest BCUT2D eigenvalue weighted by Gasteiger charge is -2.16. The van der Waals surface area contributed by atoms with Crippen LogP contribution in [0.2, 0.25) is 0 Å². The molecule has 1 aromatic heterocycles. The van der Waals surface area contributed by atoms with Gasteiger partial charge in [-0.05, 0) is 33.5 Å². The number of fused-ring (bicyclic) bond motifs is 1. The summed E-state index contributed by atoms with van der Waals surface area (Å²) in [5.41, 5.74) is 4.34. The van der Waals surface area contributed by atoms with E-state index in [1.54, 1.807) is 12.7 Å². The zero-order valence-electron chi connectivity index (χ0n) is 12.6. The molecule has 1 aliphatic heterocycles. The number of aliphatic imine (C=N–C) groups is 1. The van der Waals surface area contributed by atoms with Gasteiger partial charge >= 0.3 is 0 Å². The third-order valence-corrected chi connectivity index (χ3v) is 4.20. The number of nitrogens with one attached hydrogen (secondary N) is 1. The van der Waals surface area contributed by atoms with E-state index in [1.807, 2.05) is 12.4 Å². The summed E-state index contributed by atoms with van der Waals surface area (Å²) in [5, 5.41) is 5.64.